The molecular formula is C21H25NO4. The van der Waals surface area contributed by atoms with Crippen LogP contribution in [-0.2, 0) is 14.3 Å². The Labute approximate surface area is 154 Å². The Kier molecular flexibility index (Phi) is 6.78. The predicted molar refractivity (Wildman–Crippen MR) is 102 cm³/mol. The van der Waals surface area contributed by atoms with Crippen LogP contribution in [0.3, 0.4) is 0 Å². The van der Waals surface area contributed by atoms with Crippen LogP contribution in [0.4, 0.5) is 5.69 Å². The molecule has 0 radical (unpaired) electrons. The van der Waals surface area contributed by atoms with E-state index < -0.39 is 5.97 Å². The first-order chi connectivity index (χ1) is 12.4. The molecule has 0 saturated carbocycles. The quantitative estimate of drug-likeness (QED) is 0.576. The summed E-state index contributed by atoms with van der Waals surface area (Å²) < 4.78 is 10.1. The molecule has 0 unspecified atom stereocenters. The minimum absolute atomic E-state index is 0.266. The Morgan fingerprint density at radius 1 is 1.08 bits per heavy atom. The third kappa shape index (κ3) is 5.34. The summed E-state index contributed by atoms with van der Waals surface area (Å²) in [5, 5.41) is 2.91. The van der Waals surface area contributed by atoms with E-state index >= 15 is 0 Å². The molecule has 0 saturated heterocycles. The van der Waals surface area contributed by atoms with Crippen LogP contribution in [0.5, 0.6) is 0 Å². The van der Waals surface area contributed by atoms with Gasteiger partial charge in [0.15, 0.2) is 6.61 Å². The zero-order valence-corrected chi connectivity index (χ0v) is 15.6. The molecule has 1 aromatic heterocycles. The molecule has 26 heavy (non-hydrogen) atoms. The van der Waals surface area contributed by atoms with Crippen molar-refractivity contribution in [2.75, 3.05) is 11.9 Å². The molecule has 0 bridgehead atoms. The highest BCUT2D eigenvalue weighted by atomic mass is 16.5. The summed E-state index contributed by atoms with van der Waals surface area (Å²) in [6.45, 7) is 7.97. The summed E-state index contributed by atoms with van der Waals surface area (Å²) in [5.74, 6) is 0.113. The molecule has 2 aromatic rings. The van der Waals surface area contributed by atoms with Crippen molar-refractivity contribution in [3.05, 3.63) is 59.6 Å². The Hall–Kier alpha value is -2.82. The third-order valence-electron chi connectivity index (χ3n) is 3.91. The molecule has 1 N–H and O–H groups in total. The number of amides is 1. The van der Waals surface area contributed by atoms with Gasteiger partial charge in [0.25, 0.3) is 5.91 Å². The van der Waals surface area contributed by atoms with Gasteiger partial charge in [-0.05, 0) is 41.2 Å². The molecule has 0 spiro atoms. The van der Waals surface area contributed by atoms with E-state index in [1.165, 1.54) is 18.4 Å². The molecule has 5 heteroatoms. The highest BCUT2D eigenvalue weighted by Crippen LogP contribution is 2.32. The van der Waals surface area contributed by atoms with Crippen molar-refractivity contribution in [3.63, 3.8) is 0 Å². The lowest BCUT2D eigenvalue weighted by atomic mass is 9.92. The van der Waals surface area contributed by atoms with Crippen LogP contribution in [0.15, 0.2) is 47.1 Å². The van der Waals surface area contributed by atoms with Crippen LogP contribution in [0.1, 0.15) is 56.4 Å². The van der Waals surface area contributed by atoms with Crippen LogP contribution < -0.4 is 5.32 Å². The van der Waals surface area contributed by atoms with Crippen molar-refractivity contribution in [3.8, 4) is 0 Å². The van der Waals surface area contributed by atoms with Gasteiger partial charge in [0.1, 0.15) is 5.76 Å². The van der Waals surface area contributed by atoms with E-state index in [4.69, 9.17) is 9.15 Å². The standard InChI is InChI=1S/C21H25NO4/c1-14(2)17-8-5-9-18(15(3)4)21(17)22-19(23)13-26-20(24)11-10-16-7-6-12-25-16/h5-12,14-15H,13H2,1-4H3,(H,22,23)/b11-10+. The summed E-state index contributed by atoms with van der Waals surface area (Å²) in [6, 6.07) is 9.44. The second-order valence-electron chi connectivity index (χ2n) is 6.63. The monoisotopic (exact) mass is 355 g/mol. The summed E-state index contributed by atoms with van der Waals surface area (Å²) in [5.41, 5.74) is 2.94. The van der Waals surface area contributed by atoms with Gasteiger partial charge in [-0.2, -0.15) is 0 Å². The van der Waals surface area contributed by atoms with Gasteiger partial charge < -0.3 is 14.5 Å². The van der Waals surface area contributed by atoms with Crippen molar-refractivity contribution in [2.45, 2.75) is 39.5 Å². The van der Waals surface area contributed by atoms with E-state index in [2.05, 4.69) is 33.0 Å². The van der Waals surface area contributed by atoms with Gasteiger partial charge >= 0.3 is 5.97 Å². The first kappa shape index (κ1) is 19.5. The summed E-state index contributed by atoms with van der Waals surface area (Å²) in [4.78, 5) is 24.0. The Balaban J connectivity index is 2.00. The summed E-state index contributed by atoms with van der Waals surface area (Å²) in [6.07, 6.45) is 4.23. The second kappa shape index (κ2) is 9.04. The Morgan fingerprint density at radius 2 is 1.73 bits per heavy atom. The van der Waals surface area contributed by atoms with E-state index in [0.717, 1.165) is 16.8 Å². The maximum absolute atomic E-state index is 12.3. The van der Waals surface area contributed by atoms with Gasteiger partial charge in [0.2, 0.25) is 0 Å². The average Bonchev–Trinajstić information content (AvgIpc) is 3.11. The van der Waals surface area contributed by atoms with Gasteiger partial charge in [-0.3, -0.25) is 4.79 Å². The van der Waals surface area contributed by atoms with Gasteiger partial charge in [-0.15, -0.1) is 0 Å². The van der Waals surface area contributed by atoms with Crippen LogP contribution in [-0.4, -0.2) is 18.5 Å². The molecule has 0 aliphatic carbocycles. The summed E-state index contributed by atoms with van der Waals surface area (Å²) >= 11 is 0. The maximum atomic E-state index is 12.3. The SMILES string of the molecule is CC(C)c1cccc(C(C)C)c1NC(=O)COC(=O)/C=C/c1ccco1. The molecule has 5 nitrogen and oxygen atoms in total. The largest absolute Gasteiger partial charge is 0.465 e. The normalized spacial score (nSPS) is 11.3. The number of anilines is 1. The molecule has 138 valence electrons. The number of carbonyl (C=O) groups excluding carboxylic acids is 2. The predicted octanol–water partition coefficient (Wildman–Crippen LogP) is 4.72. The molecule has 1 aromatic carbocycles. The van der Waals surface area contributed by atoms with E-state index in [0.29, 0.717) is 5.76 Å². The number of rotatable bonds is 7. The van der Waals surface area contributed by atoms with Crippen LogP contribution in [0.25, 0.3) is 6.08 Å². The fourth-order valence-electron chi connectivity index (χ4n) is 2.59. The number of hydrogen-bond acceptors (Lipinski definition) is 4. The second-order valence-corrected chi connectivity index (χ2v) is 6.63. The first-order valence-electron chi connectivity index (χ1n) is 8.69. The van der Waals surface area contributed by atoms with Crippen LogP contribution >= 0.6 is 0 Å². The number of para-hydroxylation sites is 1. The number of carbonyl (C=O) groups is 2. The van der Waals surface area contributed by atoms with Crippen molar-refractivity contribution in [1.82, 2.24) is 0 Å². The van der Waals surface area contributed by atoms with E-state index in [1.54, 1.807) is 12.1 Å². The maximum Gasteiger partial charge on any atom is 0.331 e. The molecule has 0 aliphatic rings. The number of nitrogens with one attached hydrogen (secondary N) is 1. The van der Waals surface area contributed by atoms with Crippen LogP contribution in [0, 0.1) is 0 Å². The lowest BCUT2D eigenvalue weighted by molar-refractivity contribution is -0.142. The third-order valence-corrected chi connectivity index (χ3v) is 3.91. The molecule has 0 atom stereocenters. The van der Waals surface area contributed by atoms with Crippen LogP contribution in [0.2, 0.25) is 0 Å². The minimum Gasteiger partial charge on any atom is -0.465 e. The van der Waals surface area contributed by atoms with Gasteiger partial charge in [0.05, 0.1) is 6.26 Å². The number of ether oxygens (including phenoxy) is 1. The topological polar surface area (TPSA) is 68.5 Å². The smallest absolute Gasteiger partial charge is 0.331 e. The lowest BCUT2D eigenvalue weighted by Crippen LogP contribution is -2.22. The number of esters is 1. The van der Waals surface area contributed by atoms with Crippen molar-refractivity contribution >= 4 is 23.6 Å². The average molecular weight is 355 g/mol. The molecule has 1 heterocycles. The summed E-state index contributed by atoms with van der Waals surface area (Å²) in [7, 11) is 0. The van der Waals surface area contributed by atoms with E-state index in [-0.39, 0.29) is 24.3 Å². The highest BCUT2D eigenvalue weighted by molar-refractivity contribution is 5.95. The lowest BCUT2D eigenvalue weighted by Gasteiger charge is -2.20. The highest BCUT2D eigenvalue weighted by Gasteiger charge is 2.16. The Bertz CT molecular complexity index is 747. The molecule has 0 aliphatic heterocycles. The van der Waals surface area contributed by atoms with E-state index in [1.807, 2.05) is 18.2 Å². The number of hydrogen-bond donors (Lipinski definition) is 1. The zero-order valence-electron chi connectivity index (χ0n) is 15.6. The molecule has 2 rings (SSSR count). The van der Waals surface area contributed by atoms with E-state index in [9.17, 15) is 9.59 Å². The van der Waals surface area contributed by atoms with Crippen molar-refractivity contribution in [2.24, 2.45) is 0 Å². The van der Waals surface area contributed by atoms with Gasteiger partial charge in [-0.25, -0.2) is 4.79 Å². The Morgan fingerprint density at radius 3 is 2.27 bits per heavy atom. The first-order valence-corrected chi connectivity index (χ1v) is 8.69. The molecular weight excluding hydrogens is 330 g/mol. The van der Waals surface area contributed by atoms with Crippen molar-refractivity contribution in [1.29, 1.82) is 0 Å². The zero-order chi connectivity index (χ0) is 19.1. The number of benzene rings is 1. The molecule has 0 fully saturated rings. The molecule has 1 amide bonds. The van der Waals surface area contributed by atoms with Crippen molar-refractivity contribution < 1.29 is 18.7 Å². The van der Waals surface area contributed by atoms with Gasteiger partial charge in [0, 0.05) is 11.8 Å². The van der Waals surface area contributed by atoms with Gasteiger partial charge in [-0.1, -0.05) is 45.9 Å². The fraction of sp³-hybridized carbons (Fsp3) is 0.333. The fourth-order valence-corrected chi connectivity index (χ4v) is 2.59. The number of furan rings is 1. The minimum atomic E-state index is -0.599.